The van der Waals surface area contributed by atoms with E-state index in [9.17, 15) is 14.3 Å². The lowest BCUT2D eigenvalue weighted by molar-refractivity contribution is -0.132. The molecule has 2 aliphatic rings. The predicted molar refractivity (Wildman–Crippen MR) is 101 cm³/mol. The normalized spacial score (nSPS) is 23.1. The second kappa shape index (κ2) is 8.63. The van der Waals surface area contributed by atoms with Crippen LogP contribution >= 0.6 is 0 Å². The fraction of sp³-hybridized carbons (Fsp3) is 0.500. The van der Waals surface area contributed by atoms with Crippen LogP contribution in [0.25, 0.3) is 0 Å². The number of carbonyl (C=O) groups is 1. The third-order valence-corrected chi connectivity index (χ3v) is 5.00. The Morgan fingerprint density at radius 2 is 2.11 bits per heavy atom. The Morgan fingerprint density at radius 1 is 1.37 bits per heavy atom. The number of hydrogen-bond acceptors (Lipinski definition) is 4. The van der Waals surface area contributed by atoms with E-state index in [1.165, 1.54) is 12.1 Å². The fourth-order valence-corrected chi connectivity index (χ4v) is 3.77. The summed E-state index contributed by atoms with van der Waals surface area (Å²) >= 11 is 0. The molecule has 1 saturated heterocycles. The Bertz CT molecular complexity index is 757. The van der Waals surface area contributed by atoms with Crippen molar-refractivity contribution in [3.05, 3.63) is 46.8 Å². The van der Waals surface area contributed by atoms with Crippen LogP contribution in [0, 0.1) is 5.82 Å². The van der Waals surface area contributed by atoms with Crippen molar-refractivity contribution in [3.8, 4) is 0 Å². The maximum atomic E-state index is 13.7. The van der Waals surface area contributed by atoms with Crippen LogP contribution in [0.3, 0.4) is 0 Å². The van der Waals surface area contributed by atoms with E-state index in [0.29, 0.717) is 38.6 Å². The molecule has 146 valence electrons. The van der Waals surface area contributed by atoms with E-state index in [0.717, 1.165) is 24.2 Å². The van der Waals surface area contributed by atoms with Gasteiger partial charge in [-0.25, -0.2) is 9.18 Å². The van der Waals surface area contributed by atoms with Crippen molar-refractivity contribution in [2.75, 3.05) is 32.8 Å². The molecule has 2 aliphatic heterocycles. The summed E-state index contributed by atoms with van der Waals surface area (Å²) in [4.78, 5) is 20.8. The molecular weight excluding hydrogens is 349 g/mol. The number of aliphatic imine (C=N–C) groups is 1. The van der Waals surface area contributed by atoms with Crippen LogP contribution < -0.4 is 0 Å². The lowest BCUT2D eigenvalue weighted by Gasteiger charge is -2.46. The molecule has 1 unspecified atom stereocenters. The molecule has 7 heteroatoms. The number of halogens is 1. The smallest absolute Gasteiger partial charge is 0.339 e. The molecule has 1 atom stereocenters. The van der Waals surface area contributed by atoms with Gasteiger partial charge in [0.25, 0.3) is 0 Å². The summed E-state index contributed by atoms with van der Waals surface area (Å²) < 4.78 is 19.2. The van der Waals surface area contributed by atoms with Crippen LogP contribution in [0.15, 0.2) is 40.4 Å². The van der Waals surface area contributed by atoms with Crippen molar-refractivity contribution in [1.82, 2.24) is 9.80 Å². The Hall–Kier alpha value is -2.25. The van der Waals surface area contributed by atoms with Crippen LogP contribution in [-0.2, 0) is 16.1 Å². The molecule has 0 spiro atoms. The number of ether oxygens (including phenoxy) is 1. The summed E-state index contributed by atoms with van der Waals surface area (Å²) in [7, 11) is 0. The number of aliphatic carboxylic acids is 1. The zero-order valence-corrected chi connectivity index (χ0v) is 15.8. The third-order valence-electron chi connectivity index (χ3n) is 5.00. The molecule has 1 N–H and O–H groups in total. The molecule has 1 aromatic rings. The Labute approximate surface area is 158 Å². The van der Waals surface area contributed by atoms with Crippen molar-refractivity contribution < 1.29 is 19.0 Å². The number of carboxylic acids is 1. The molecule has 0 amide bonds. The number of carboxylic acid groups (broad SMARTS) is 1. The van der Waals surface area contributed by atoms with Gasteiger partial charge in [0, 0.05) is 32.6 Å². The quantitative estimate of drug-likeness (QED) is 0.857. The number of amidine groups is 1. The molecule has 0 radical (unpaired) electrons. The van der Waals surface area contributed by atoms with Gasteiger partial charge < -0.3 is 14.7 Å². The minimum Gasteiger partial charge on any atom is -0.478 e. The van der Waals surface area contributed by atoms with E-state index in [4.69, 9.17) is 4.74 Å². The predicted octanol–water partition coefficient (Wildman–Crippen LogP) is 2.51. The molecule has 0 bridgehead atoms. The maximum Gasteiger partial charge on any atom is 0.339 e. The van der Waals surface area contributed by atoms with E-state index < -0.39 is 5.97 Å². The average Bonchev–Trinajstić information content (AvgIpc) is 2.64. The molecule has 27 heavy (non-hydrogen) atoms. The van der Waals surface area contributed by atoms with Gasteiger partial charge in [0.1, 0.15) is 17.2 Å². The van der Waals surface area contributed by atoms with Gasteiger partial charge in [0.2, 0.25) is 0 Å². The van der Waals surface area contributed by atoms with E-state index in [2.05, 4.69) is 9.89 Å². The summed E-state index contributed by atoms with van der Waals surface area (Å²) in [5, 5.41) is 9.77. The van der Waals surface area contributed by atoms with Crippen molar-refractivity contribution >= 4 is 11.8 Å². The van der Waals surface area contributed by atoms with E-state index in [1.807, 2.05) is 24.8 Å². The molecule has 0 aromatic heterocycles. The highest BCUT2D eigenvalue weighted by atomic mass is 19.1. The highest BCUT2D eigenvalue weighted by Gasteiger charge is 2.37. The second-order valence-electron chi connectivity index (χ2n) is 6.85. The summed E-state index contributed by atoms with van der Waals surface area (Å²) in [5.41, 5.74) is 1.88. The number of benzene rings is 1. The van der Waals surface area contributed by atoms with Gasteiger partial charge in [0.15, 0.2) is 0 Å². The topological polar surface area (TPSA) is 65.4 Å². The van der Waals surface area contributed by atoms with Gasteiger partial charge in [-0.15, -0.1) is 0 Å². The summed E-state index contributed by atoms with van der Waals surface area (Å²) in [5.74, 6) is -0.787. The summed E-state index contributed by atoms with van der Waals surface area (Å²) in [6, 6.07) is 6.43. The highest BCUT2D eigenvalue weighted by molar-refractivity contribution is 6.19. The van der Waals surface area contributed by atoms with Crippen molar-refractivity contribution in [1.29, 1.82) is 0 Å². The summed E-state index contributed by atoms with van der Waals surface area (Å²) in [6.45, 7) is 7.50. The number of hydrogen-bond donors (Lipinski definition) is 1. The first-order valence-electron chi connectivity index (χ1n) is 9.32. The number of rotatable bonds is 5. The van der Waals surface area contributed by atoms with Crippen LogP contribution in [0.2, 0.25) is 0 Å². The van der Waals surface area contributed by atoms with Gasteiger partial charge in [-0.2, -0.15) is 0 Å². The van der Waals surface area contributed by atoms with E-state index in [-0.39, 0.29) is 17.6 Å². The van der Waals surface area contributed by atoms with E-state index >= 15 is 0 Å². The number of nitrogens with zero attached hydrogens (tertiary/aromatic N) is 3. The fourth-order valence-electron chi connectivity index (χ4n) is 3.77. The Morgan fingerprint density at radius 3 is 2.74 bits per heavy atom. The lowest BCUT2D eigenvalue weighted by Crippen LogP contribution is -2.56. The van der Waals surface area contributed by atoms with Crippen LogP contribution in [0.4, 0.5) is 4.39 Å². The average molecular weight is 375 g/mol. The minimum absolute atomic E-state index is 0.0226. The van der Waals surface area contributed by atoms with Crippen molar-refractivity contribution in [2.24, 2.45) is 4.99 Å². The second-order valence-corrected chi connectivity index (χ2v) is 6.85. The Kier molecular flexibility index (Phi) is 6.23. The molecule has 1 aromatic carbocycles. The van der Waals surface area contributed by atoms with Crippen LogP contribution in [-0.4, -0.2) is 65.7 Å². The SMILES string of the molecule is CCN=C1C(C(=O)O)=C(C)CC(N2CCOCC2)N1Cc1cccc(F)c1. The monoisotopic (exact) mass is 375 g/mol. The van der Waals surface area contributed by atoms with Crippen LogP contribution in [0.5, 0.6) is 0 Å². The van der Waals surface area contributed by atoms with Gasteiger partial charge >= 0.3 is 5.97 Å². The van der Waals surface area contributed by atoms with Gasteiger partial charge in [0.05, 0.1) is 19.4 Å². The first kappa shape index (κ1) is 19.5. The van der Waals surface area contributed by atoms with Crippen molar-refractivity contribution in [2.45, 2.75) is 33.0 Å². The first-order valence-corrected chi connectivity index (χ1v) is 9.32. The molecule has 3 rings (SSSR count). The van der Waals surface area contributed by atoms with E-state index in [1.54, 1.807) is 6.07 Å². The molecule has 0 saturated carbocycles. The maximum absolute atomic E-state index is 13.7. The molecule has 1 fully saturated rings. The molecule has 6 nitrogen and oxygen atoms in total. The molecule has 2 heterocycles. The molecule has 0 aliphatic carbocycles. The Balaban J connectivity index is 2.02. The van der Waals surface area contributed by atoms with Gasteiger partial charge in [-0.3, -0.25) is 9.89 Å². The zero-order chi connectivity index (χ0) is 19.4. The lowest BCUT2D eigenvalue weighted by atomic mass is 9.95. The van der Waals surface area contributed by atoms with Gasteiger partial charge in [-0.1, -0.05) is 17.7 Å². The third kappa shape index (κ3) is 4.36. The standard InChI is InChI=1S/C20H26FN3O3/c1-3-22-19-18(20(25)26)14(2)11-17(23-7-9-27-10-8-23)24(19)13-15-5-4-6-16(21)12-15/h4-6,12,17H,3,7-11,13H2,1-2H3,(H,25,26). The van der Waals surface area contributed by atoms with Crippen LogP contribution in [0.1, 0.15) is 25.8 Å². The number of morpholine rings is 1. The first-order chi connectivity index (χ1) is 13.0. The minimum atomic E-state index is -0.968. The largest absolute Gasteiger partial charge is 0.478 e. The zero-order valence-electron chi connectivity index (χ0n) is 15.8. The van der Waals surface area contributed by atoms with Gasteiger partial charge in [-0.05, 0) is 31.5 Å². The highest BCUT2D eigenvalue weighted by Crippen LogP contribution is 2.30. The molecular formula is C20H26FN3O3. The van der Waals surface area contributed by atoms with Crippen molar-refractivity contribution in [3.63, 3.8) is 0 Å². The summed E-state index contributed by atoms with van der Waals surface area (Å²) in [6.07, 6.45) is 0.588.